The molecule has 2 heteroatoms. The summed E-state index contributed by atoms with van der Waals surface area (Å²) in [5.41, 5.74) is 0. The van der Waals surface area contributed by atoms with Crippen LogP contribution in [0.5, 0.6) is 0 Å². The molecule has 0 bridgehead atoms. The van der Waals surface area contributed by atoms with E-state index in [4.69, 9.17) is 6.42 Å². The third-order valence-corrected chi connectivity index (χ3v) is 3.77. The Morgan fingerprint density at radius 3 is 2.71 bits per heavy atom. The van der Waals surface area contributed by atoms with Crippen LogP contribution in [0.25, 0.3) is 0 Å². The molecule has 0 aromatic rings. The van der Waals surface area contributed by atoms with E-state index >= 15 is 0 Å². The van der Waals surface area contributed by atoms with Crippen molar-refractivity contribution in [3.63, 3.8) is 0 Å². The van der Waals surface area contributed by atoms with Crippen molar-refractivity contribution in [2.24, 2.45) is 0 Å². The molecule has 1 aliphatic heterocycles. The van der Waals surface area contributed by atoms with Crippen LogP contribution >= 0.6 is 0 Å². The van der Waals surface area contributed by atoms with E-state index in [9.17, 15) is 0 Å². The average molecular weight is 236 g/mol. The van der Waals surface area contributed by atoms with Crippen molar-refractivity contribution >= 4 is 0 Å². The van der Waals surface area contributed by atoms with Gasteiger partial charge in [0.25, 0.3) is 0 Å². The van der Waals surface area contributed by atoms with Gasteiger partial charge in [0.15, 0.2) is 0 Å². The van der Waals surface area contributed by atoms with Crippen LogP contribution in [0.3, 0.4) is 0 Å². The molecule has 3 atom stereocenters. The maximum Gasteiger partial charge on any atom is 0.0714 e. The molecule has 17 heavy (non-hydrogen) atoms. The van der Waals surface area contributed by atoms with Gasteiger partial charge in [0.1, 0.15) is 0 Å². The van der Waals surface area contributed by atoms with Crippen LogP contribution < -0.4 is 5.32 Å². The standard InChI is InChI=1S/C15H28N2/c1-5-8-15(7-3)17-11-9-14(12-13(17)4)16-10-6-2/h3,13-16H,5-6,8-12H2,1-2,4H3. The molecule has 0 radical (unpaired) electrons. The molecule has 0 spiro atoms. The summed E-state index contributed by atoms with van der Waals surface area (Å²) in [5.74, 6) is 2.97. The minimum absolute atomic E-state index is 0.349. The number of terminal acetylenes is 1. The SMILES string of the molecule is C#CC(CCC)N1CCC(NCCC)CC1C. The summed E-state index contributed by atoms with van der Waals surface area (Å²) in [7, 11) is 0. The van der Waals surface area contributed by atoms with Gasteiger partial charge in [-0.05, 0) is 39.2 Å². The molecule has 0 aromatic heterocycles. The summed E-state index contributed by atoms with van der Waals surface area (Å²) in [6.07, 6.45) is 11.7. The molecule has 98 valence electrons. The van der Waals surface area contributed by atoms with Crippen LogP contribution in [0.15, 0.2) is 0 Å². The number of nitrogens with zero attached hydrogens (tertiary/aromatic N) is 1. The second-order valence-corrected chi connectivity index (χ2v) is 5.23. The molecule has 1 N–H and O–H groups in total. The molecule has 0 saturated carbocycles. The van der Waals surface area contributed by atoms with E-state index < -0.39 is 0 Å². The molecular weight excluding hydrogens is 208 g/mol. The maximum atomic E-state index is 5.66. The Hall–Kier alpha value is -0.520. The summed E-state index contributed by atoms with van der Waals surface area (Å²) in [5, 5.41) is 3.63. The fourth-order valence-corrected chi connectivity index (χ4v) is 2.81. The van der Waals surface area contributed by atoms with Gasteiger partial charge in [0.05, 0.1) is 6.04 Å². The van der Waals surface area contributed by atoms with Gasteiger partial charge in [0, 0.05) is 18.6 Å². The molecule has 1 saturated heterocycles. The lowest BCUT2D eigenvalue weighted by molar-refractivity contribution is 0.107. The molecule has 0 amide bonds. The largest absolute Gasteiger partial charge is 0.314 e. The van der Waals surface area contributed by atoms with Gasteiger partial charge in [-0.3, -0.25) is 4.90 Å². The summed E-state index contributed by atoms with van der Waals surface area (Å²) in [6.45, 7) is 9.05. The minimum atomic E-state index is 0.349. The number of piperidine rings is 1. The van der Waals surface area contributed by atoms with E-state index in [2.05, 4.69) is 36.9 Å². The van der Waals surface area contributed by atoms with Gasteiger partial charge in [0.2, 0.25) is 0 Å². The van der Waals surface area contributed by atoms with Crippen LogP contribution in [0.4, 0.5) is 0 Å². The highest BCUT2D eigenvalue weighted by atomic mass is 15.2. The van der Waals surface area contributed by atoms with Crippen LogP contribution in [0, 0.1) is 12.3 Å². The summed E-state index contributed by atoms with van der Waals surface area (Å²) >= 11 is 0. The van der Waals surface area contributed by atoms with Crippen molar-refractivity contribution in [3.8, 4) is 12.3 Å². The lowest BCUT2D eigenvalue weighted by Crippen LogP contribution is -2.51. The summed E-state index contributed by atoms with van der Waals surface area (Å²) < 4.78 is 0. The monoisotopic (exact) mass is 236 g/mol. The van der Waals surface area contributed by atoms with Crippen LogP contribution in [0.1, 0.15) is 52.9 Å². The third kappa shape index (κ3) is 4.33. The number of rotatable bonds is 6. The molecule has 2 nitrogen and oxygen atoms in total. The van der Waals surface area contributed by atoms with Gasteiger partial charge >= 0.3 is 0 Å². The Labute approximate surface area is 107 Å². The Balaban J connectivity index is 2.44. The maximum absolute atomic E-state index is 5.66. The highest BCUT2D eigenvalue weighted by molar-refractivity contribution is 5.02. The van der Waals surface area contributed by atoms with Gasteiger partial charge < -0.3 is 5.32 Å². The van der Waals surface area contributed by atoms with E-state index in [0.29, 0.717) is 18.1 Å². The first-order chi connectivity index (χ1) is 8.22. The van der Waals surface area contributed by atoms with Crippen molar-refractivity contribution in [3.05, 3.63) is 0 Å². The number of hydrogen-bond acceptors (Lipinski definition) is 2. The fraction of sp³-hybridized carbons (Fsp3) is 0.867. The van der Waals surface area contributed by atoms with Crippen molar-refractivity contribution in [2.75, 3.05) is 13.1 Å². The first-order valence-corrected chi connectivity index (χ1v) is 7.18. The van der Waals surface area contributed by atoms with Crippen LogP contribution in [0.2, 0.25) is 0 Å². The summed E-state index contributed by atoms with van der Waals surface area (Å²) in [6, 6.07) is 1.66. The number of likely N-dealkylation sites (tertiary alicyclic amines) is 1. The first-order valence-electron chi connectivity index (χ1n) is 7.18. The van der Waals surface area contributed by atoms with E-state index in [0.717, 1.165) is 19.5 Å². The van der Waals surface area contributed by atoms with E-state index in [1.54, 1.807) is 0 Å². The highest BCUT2D eigenvalue weighted by Crippen LogP contribution is 2.21. The van der Waals surface area contributed by atoms with Gasteiger partial charge in [-0.1, -0.05) is 26.2 Å². The zero-order valence-electron chi connectivity index (χ0n) is 11.7. The van der Waals surface area contributed by atoms with Crippen molar-refractivity contribution in [1.29, 1.82) is 0 Å². The Morgan fingerprint density at radius 2 is 2.18 bits per heavy atom. The zero-order valence-corrected chi connectivity index (χ0v) is 11.7. The molecule has 1 rings (SSSR count). The molecule has 1 fully saturated rings. The third-order valence-electron chi connectivity index (χ3n) is 3.77. The molecule has 1 aliphatic rings. The first kappa shape index (κ1) is 14.5. The second-order valence-electron chi connectivity index (χ2n) is 5.23. The van der Waals surface area contributed by atoms with E-state index in [-0.39, 0.29) is 0 Å². The quantitative estimate of drug-likeness (QED) is 0.713. The van der Waals surface area contributed by atoms with Crippen LogP contribution in [-0.2, 0) is 0 Å². The van der Waals surface area contributed by atoms with Crippen LogP contribution in [-0.4, -0.2) is 36.1 Å². The minimum Gasteiger partial charge on any atom is -0.314 e. The van der Waals surface area contributed by atoms with Gasteiger partial charge in [-0.25, -0.2) is 0 Å². The second kappa shape index (κ2) is 7.74. The highest BCUT2D eigenvalue weighted by Gasteiger charge is 2.28. The van der Waals surface area contributed by atoms with E-state index in [1.165, 1.54) is 25.7 Å². The number of nitrogens with one attached hydrogen (secondary N) is 1. The molecular formula is C15H28N2. The normalized spacial score (nSPS) is 27.6. The van der Waals surface area contributed by atoms with Crippen molar-refractivity contribution in [1.82, 2.24) is 10.2 Å². The topological polar surface area (TPSA) is 15.3 Å². The van der Waals surface area contributed by atoms with Crippen molar-refractivity contribution < 1.29 is 0 Å². The van der Waals surface area contributed by atoms with E-state index in [1.807, 2.05) is 0 Å². The molecule has 1 heterocycles. The number of hydrogen-bond donors (Lipinski definition) is 1. The fourth-order valence-electron chi connectivity index (χ4n) is 2.81. The van der Waals surface area contributed by atoms with Gasteiger partial charge in [-0.15, -0.1) is 6.42 Å². The lowest BCUT2D eigenvalue weighted by Gasteiger charge is -2.41. The smallest absolute Gasteiger partial charge is 0.0714 e. The van der Waals surface area contributed by atoms with Gasteiger partial charge in [-0.2, -0.15) is 0 Å². The molecule has 3 unspecified atom stereocenters. The Bertz CT molecular complexity index is 244. The Morgan fingerprint density at radius 1 is 1.41 bits per heavy atom. The predicted octanol–water partition coefficient (Wildman–Crippen LogP) is 2.64. The predicted molar refractivity (Wildman–Crippen MR) is 75.0 cm³/mol. The lowest BCUT2D eigenvalue weighted by atomic mass is 9.95. The zero-order chi connectivity index (χ0) is 12.7. The Kier molecular flexibility index (Phi) is 6.62. The molecule has 0 aromatic carbocycles. The average Bonchev–Trinajstić information content (AvgIpc) is 2.34. The molecule has 0 aliphatic carbocycles. The van der Waals surface area contributed by atoms with Crippen molar-refractivity contribution in [2.45, 2.75) is 71.0 Å². The summed E-state index contributed by atoms with van der Waals surface area (Å²) in [4.78, 5) is 2.52.